The smallest absolute Gasteiger partial charge is 0.458 e. The molecule has 1 atom stereocenters. The minimum Gasteiger partial charge on any atom is -0.492 e. The van der Waals surface area contributed by atoms with Crippen LogP contribution in [0.1, 0.15) is 24.2 Å². The Labute approximate surface area is 181 Å². The van der Waals surface area contributed by atoms with Crippen molar-refractivity contribution >= 4 is 23.2 Å². The quantitative estimate of drug-likeness (QED) is 0.539. The Hall–Kier alpha value is -3.34. The number of hydrogen-bond donors (Lipinski definition) is 2. The zero-order valence-electron chi connectivity index (χ0n) is 17.5. The first-order valence-electron chi connectivity index (χ1n) is 9.49. The average Bonchev–Trinajstić information content (AvgIpc) is 2.75. The molecule has 2 aromatic carbocycles. The molecule has 0 radical (unpaired) electrons. The van der Waals surface area contributed by atoms with E-state index >= 15 is 0 Å². The molecular formula is C21H22F4N2O5. The molecule has 0 unspecified atom stereocenters. The SMILES string of the molecule is CCOc1cc(NC(=O)[C@@](F)(OC)C(F)(F)F)c(OCC)cc1NC(=O)c1ccccc1. The molecule has 0 bridgehead atoms. The van der Waals surface area contributed by atoms with Crippen molar-refractivity contribution in [2.24, 2.45) is 0 Å². The highest BCUT2D eigenvalue weighted by Gasteiger charge is 2.63. The number of alkyl halides is 4. The number of carbonyl (C=O) groups is 2. The lowest BCUT2D eigenvalue weighted by Crippen LogP contribution is -2.52. The number of methoxy groups -OCH3 is 1. The summed E-state index contributed by atoms with van der Waals surface area (Å²) in [7, 11) is 0.421. The summed E-state index contributed by atoms with van der Waals surface area (Å²) in [6.45, 7) is 3.42. The van der Waals surface area contributed by atoms with Gasteiger partial charge in [0.15, 0.2) is 0 Å². The van der Waals surface area contributed by atoms with Gasteiger partial charge >= 0.3 is 12.0 Å². The Kier molecular flexibility index (Phi) is 8.03. The third-order valence-corrected chi connectivity index (χ3v) is 4.15. The Balaban J connectivity index is 2.45. The third-order valence-electron chi connectivity index (χ3n) is 4.15. The molecule has 0 saturated heterocycles. The monoisotopic (exact) mass is 458 g/mol. The van der Waals surface area contributed by atoms with Gasteiger partial charge in [0.25, 0.3) is 11.8 Å². The Morgan fingerprint density at radius 2 is 1.38 bits per heavy atom. The van der Waals surface area contributed by atoms with Gasteiger partial charge < -0.3 is 24.8 Å². The van der Waals surface area contributed by atoms with Crippen molar-refractivity contribution < 1.29 is 41.4 Å². The van der Waals surface area contributed by atoms with Gasteiger partial charge in [-0.1, -0.05) is 18.2 Å². The zero-order valence-corrected chi connectivity index (χ0v) is 17.5. The van der Waals surface area contributed by atoms with E-state index in [1.165, 1.54) is 6.07 Å². The van der Waals surface area contributed by atoms with Gasteiger partial charge in [-0.3, -0.25) is 9.59 Å². The highest BCUT2D eigenvalue weighted by Crippen LogP contribution is 2.40. The van der Waals surface area contributed by atoms with Crippen LogP contribution >= 0.6 is 0 Å². The van der Waals surface area contributed by atoms with Crippen molar-refractivity contribution in [3.05, 3.63) is 48.0 Å². The third kappa shape index (κ3) is 5.47. The number of amides is 2. The van der Waals surface area contributed by atoms with Gasteiger partial charge in [-0.15, -0.1) is 0 Å². The van der Waals surface area contributed by atoms with Crippen LogP contribution in [0.4, 0.5) is 28.9 Å². The number of ether oxygens (including phenoxy) is 3. The second-order valence-corrected chi connectivity index (χ2v) is 6.28. The van der Waals surface area contributed by atoms with Crippen LogP contribution < -0.4 is 20.1 Å². The molecule has 0 aliphatic carbocycles. The first kappa shape index (κ1) is 24.9. The molecule has 7 nitrogen and oxygen atoms in total. The van der Waals surface area contributed by atoms with Gasteiger partial charge in [0.05, 0.1) is 24.6 Å². The van der Waals surface area contributed by atoms with E-state index in [4.69, 9.17) is 9.47 Å². The molecule has 0 spiro atoms. The van der Waals surface area contributed by atoms with Crippen LogP contribution in [0.3, 0.4) is 0 Å². The van der Waals surface area contributed by atoms with E-state index in [0.29, 0.717) is 12.7 Å². The van der Waals surface area contributed by atoms with Crippen molar-refractivity contribution in [1.29, 1.82) is 0 Å². The summed E-state index contributed by atoms with van der Waals surface area (Å²) in [5.41, 5.74) is 0.176. The van der Waals surface area contributed by atoms with Crippen molar-refractivity contribution in [1.82, 2.24) is 0 Å². The largest absolute Gasteiger partial charge is 0.492 e. The molecule has 11 heteroatoms. The Morgan fingerprint density at radius 3 is 1.81 bits per heavy atom. The number of anilines is 2. The van der Waals surface area contributed by atoms with Crippen molar-refractivity contribution in [2.75, 3.05) is 31.0 Å². The van der Waals surface area contributed by atoms with Crippen LogP contribution in [0.25, 0.3) is 0 Å². The molecule has 174 valence electrons. The summed E-state index contributed by atoms with van der Waals surface area (Å²) >= 11 is 0. The fourth-order valence-electron chi connectivity index (χ4n) is 2.63. The Bertz CT molecular complexity index is 953. The highest BCUT2D eigenvalue weighted by atomic mass is 19.4. The van der Waals surface area contributed by atoms with E-state index in [1.807, 2.05) is 5.32 Å². The second-order valence-electron chi connectivity index (χ2n) is 6.28. The van der Waals surface area contributed by atoms with E-state index in [2.05, 4.69) is 10.1 Å². The maximum atomic E-state index is 14.2. The zero-order chi connectivity index (χ0) is 23.9. The summed E-state index contributed by atoms with van der Waals surface area (Å²) in [6, 6.07) is 10.6. The van der Waals surface area contributed by atoms with Crippen molar-refractivity contribution in [3.8, 4) is 11.5 Å². The minimum atomic E-state index is -5.62. The van der Waals surface area contributed by atoms with E-state index in [1.54, 1.807) is 44.2 Å². The number of carbonyl (C=O) groups excluding carboxylic acids is 2. The molecule has 0 aromatic heterocycles. The molecule has 0 aliphatic heterocycles. The van der Waals surface area contributed by atoms with Gasteiger partial charge in [0.1, 0.15) is 11.5 Å². The number of nitrogens with one attached hydrogen (secondary N) is 2. The van der Waals surface area contributed by atoms with E-state index in [-0.39, 0.29) is 36.1 Å². The summed E-state index contributed by atoms with van der Waals surface area (Å²) < 4.78 is 67.9. The number of hydrogen-bond acceptors (Lipinski definition) is 5. The first-order valence-corrected chi connectivity index (χ1v) is 9.49. The van der Waals surface area contributed by atoms with Crippen LogP contribution in [0.15, 0.2) is 42.5 Å². The topological polar surface area (TPSA) is 85.9 Å². The maximum absolute atomic E-state index is 14.2. The molecule has 0 aliphatic rings. The van der Waals surface area contributed by atoms with Crippen LogP contribution in [-0.2, 0) is 9.53 Å². The van der Waals surface area contributed by atoms with Gasteiger partial charge in [-0.25, -0.2) is 0 Å². The molecule has 32 heavy (non-hydrogen) atoms. The van der Waals surface area contributed by atoms with Crippen LogP contribution in [-0.4, -0.2) is 44.2 Å². The molecule has 2 rings (SSSR count). The maximum Gasteiger partial charge on any atom is 0.458 e. The lowest BCUT2D eigenvalue weighted by molar-refractivity contribution is -0.305. The molecule has 2 aromatic rings. The van der Waals surface area contributed by atoms with Crippen molar-refractivity contribution in [2.45, 2.75) is 25.9 Å². The summed E-state index contributed by atoms with van der Waals surface area (Å²) in [6.07, 6.45) is -5.62. The standard InChI is InChI=1S/C21H22F4N2O5/c1-4-31-16-12-15(27-19(29)20(22,30-3)21(23,24)25)17(32-5-2)11-14(16)26-18(28)13-9-7-6-8-10-13/h6-12H,4-5H2,1-3H3,(H,26,28)(H,27,29)/t20-/m1/s1. The van der Waals surface area contributed by atoms with Gasteiger partial charge in [0.2, 0.25) is 0 Å². The highest BCUT2D eigenvalue weighted by molar-refractivity contribution is 6.06. The number of benzene rings is 2. The fourth-order valence-corrected chi connectivity index (χ4v) is 2.63. The van der Waals surface area contributed by atoms with Crippen molar-refractivity contribution in [3.63, 3.8) is 0 Å². The van der Waals surface area contributed by atoms with E-state index < -0.39 is 23.8 Å². The van der Waals surface area contributed by atoms with Gasteiger partial charge in [0, 0.05) is 24.8 Å². The second kappa shape index (κ2) is 10.3. The summed E-state index contributed by atoms with van der Waals surface area (Å²) in [5.74, 6) is -7.26. The summed E-state index contributed by atoms with van der Waals surface area (Å²) in [4.78, 5) is 24.6. The fraction of sp³-hybridized carbons (Fsp3) is 0.333. The summed E-state index contributed by atoms with van der Waals surface area (Å²) in [5, 5.41) is 4.45. The number of halogens is 4. The molecule has 0 saturated carbocycles. The van der Waals surface area contributed by atoms with E-state index in [9.17, 15) is 27.2 Å². The average molecular weight is 458 g/mol. The van der Waals surface area contributed by atoms with E-state index in [0.717, 1.165) is 6.07 Å². The normalized spacial score (nSPS) is 13.1. The molecule has 2 amide bonds. The van der Waals surface area contributed by atoms with Crippen LogP contribution in [0, 0.1) is 0 Å². The molecule has 0 fully saturated rings. The van der Waals surface area contributed by atoms with Crippen LogP contribution in [0.2, 0.25) is 0 Å². The lowest BCUT2D eigenvalue weighted by atomic mass is 10.1. The lowest BCUT2D eigenvalue weighted by Gasteiger charge is -2.25. The number of rotatable bonds is 9. The first-order chi connectivity index (χ1) is 15.1. The predicted octanol–water partition coefficient (Wildman–Crippen LogP) is 4.55. The van der Waals surface area contributed by atoms with Gasteiger partial charge in [-0.05, 0) is 26.0 Å². The molecule has 0 heterocycles. The molecule has 2 N–H and O–H groups in total. The molecular weight excluding hydrogens is 436 g/mol. The Morgan fingerprint density at radius 1 is 0.875 bits per heavy atom. The predicted molar refractivity (Wildman–Crippen MR) is 109 cm³/mol. The van der Waals surface area contributed by atoms with Gasteiger partial charge in [-0.2, -0.15) is 17.6 Å². The van der Waals surface area contributed by atoms with Crippen LogP contribution in [0.5, 0.6) is 11.5 Å². The minimum absolute atomic E-state index is 0.0180.